The minimum Gasteiger partial charge on any atom is -0.326 e. The zero-order chi connectivity index (χ0) is 13.9. The minimum atomic E-state index is -3.66. The first kappa shape index (κ1) is 13.4. The van der Waals surface area contributed by atoms with Gasteiger partial charge in [-0.15, -0.1) is 0 Å². The maximum absolute atomic E-state index is 12.2. The molecule has 1 aromatic heterocycles. The lowest BCUT2D eigenvalue weighted by molar-refractivity contribution is 0.600. The van der Waals surface area contributed by atoms with E-state index in [4.69, 9.17) is 5.73 Å². The van der Waals surface area contributed by atoms with E-state index in [9.17, 15) is 8.42 Å². The number of aryl methyl sites for hydroxylation is 1. The number of hydrogen-bond acceptors (Lipinski definition) is 5. The predicted molar refractivity (Wildman–Crippen MR) is 71.9 cm³/mol. The molecule has 0 aliphatic rings. The molecule has 100 valence electrons. The van der Waals surface area contributed by atoms with Gasteiger partial charge in [-0.05, 0) is 24.1 Å². The summed E-state index contributed by atoms with van der Waals surface area (Å²) in [5, 5.41) is 0. The Kier molecular flexibility index (Phi) is 3.77. The number of sulfonamides is 1. The fourth-order valence-corrected chi connectivity index (χ4v) is 2.91. The summed E-state index contributed by atoms with van der Waals surface area (Å²) in [5.41, 5.74) is 7.04. The summed E-state index contributed by atoms with van der Waals surface area (Å²) in [5.74, 6) is 0.185. The lowest BCUT2D eigenvalue weighted by Crippen LogP contribution is -2.15. The molecule has 0 saturated carbocycles. The van der Waals surface area contributed by atoms with Crippen molar-refractivity contribution in [1.82, 2.24) is 9.97 Å². The number of hydrogen-bond donors (Lipinski definition) is 2. The van der Waals surface area contributed by atoms with E-state index >= 15 is 0 Å². The summed E-state index contributed by atoms with van der Waals surface area (Å²) >= 11 is 0. The third-order valence-electron chi connectivity index (χ3n) is 2.57. The highest BCUT2D eigenvalue weighted by atomic mass is 32.2. The Hall–Kier alpha value is -1.99. The Morgan fingerprint density at radius 3 is 2.68 bits per heavy atom. The van der Waals surface area contributed by atoms with Gasteiger partial charge in [0.05, 0.1) is 11.1 Å². The molecule has 0 aliphatic heterocycles. The third kappa shape index (κ3) is 3.07. The highest BCUT2D eigenvalue weighted by Gasteiger charge is 2.17. The van der Waals surface area contributed by atoms with Crippen LogP contribution in [0.4, 0.5) is 5.82 Å². The Bertz CT molecular complexity index is 671. The number of nitrogens with zero attached hydrogens (tertiary/aromatic N) is 2. The van der Waals surface area contributed by atoms with Gasteiger partial charge in [-0.2, -0.15) is 0 Å². The second kappa shape index (κ2) is 5.33. The van der Waals surface area contributed by atoms with Gasteiger partial charge in [-0.3, -0.25) is 9.71 Å². The van der Waals surface area contributed by atoms with E-state index in [-0.39, 0.29) is 10.7 Å². The standard InChI is InChI=1S/C12H14N4O2S/c1-9-6-10(7-13)2-3-11(9)19(17,18)16-12-8-14-4-5-15-12/h2-6,8H,7,13H2,1H3,(H,15,16). The molecule has 0 radical (unpaired) electrons. The van der Waals surface area contributed by atoms with Gasteiger partial charge in [0, 0.05) is 18.9 Å². The van der Waals surface area contributed by atoms with Crippen molar-refractivity contribution < 1.29 is 8.42 Å². The monoisotopic (exact) mass is 278 g/mol. The van der Waals surface area contributed by atoms with Gasteiger partial charge in [0.2, 0.25) is 0 Å². The number of benzene rings is 1. The summed E-state index contributed by atoms with van der Waals surface area (Å²) in [6, 6.07) is 4.99. The summed E-state index contributed by atoms with van der Waals surface area (Å²) in [4.78, 5) is 7.89. The molecular formula is C12H14N4O2S. The minimum absolute atomic E-state index is 0.185. The largest absolute Gasteiger partial charge is 0.326 e. The molecule has 0 spiro atoms. The molecule has 0 bridgehead atoms. The van der Waals surface area contributed by atoms with Crippen molar-refractivity contribution >= 4 is 15.8 Å². The Morgan fingerprint density at radius 1 is 1.32 bits per heavy atom. The molecule has 0 fully saturated rings. The van der Waals surface area contributed by atoms with Crippen LogP contribution in [0.3, 0.4) is 0 Å². The molecule has 6 nitrogen and oxygen atoms in total. The van der Waals surface area contributed by atoms with Crippen molar-refractivity contribution in [3.63, 3.8) is 0 Å². The first-order chi connectivity index (χ1) is 9.03. The molecule has 7 heteroatoms. The maximum Gasteiger partial charge on any atom is 0.263 e. The first-order valence-electron chi connectivity index (χ1n) is 5.61. The molecule has 0 amide bonds. The molecule has 3 N–H and O–H groups in total. The third-order valence-corrected chi connectivity index (χ3v) is 4.08. The molecule has 2 aromatic rings. The molecule has 2 rings (SSSR count). The van der Waals surface area contributed by atoms with Crippen LogP contribution >= 0.6 is 0 Å². The van der Waals surface area contributed by atoms with Crippen molar-refractivity contribution in [3.8, 4) is 0 Å². The van der Waals surface area contributed by atoms with E-state index < -0.39 is 10.0 Å². The van der Waals surface area contributed by atoms with Crippen LogP contribution < -0.4 is 10.5 Å². The highest BCUT2D eigenvalue weighted by molar-refractivity contribution is 7.92. The number of nitrogens with one attached hydrogen (secondary N) is 1. The van der Waals surface area contributed by atoms with Crippen molar-refractivity contribution in [2.75, 3.05) is 4.72 Å². The number of rotatable bonds is 4. The summed E-state index contributed by atoms with van der Waals surface area (Å²) in [6.45, 7) is 2.10. The molecular weight excluding hydrogens is 264 g/mol. The van der Waals surface area contributed by atoms with Crippen LogP contribution in [0.15, 0.2) is 41.7 Å². The van der Waals surface area contributed by atoms with E-state index in [0.29, 0.717) is 12.1 Å². The van der Waals surface area contributed by atoms with Crippen LogP contribution in [0.25, 0.3) is 0 Å². The SMILES string of the molecule is Cc1cc(CN)ccc1S(=O)(=O)Nc1cnccn1. The van der Waals surface area contributed by atoms with E-state index in [0.717, 1.165) is 5.56 Å². The van der Waals surface area contributed by atoms with Gasteiger partial charge in [0.15, 0.2) is 5.82 Å². The lowest BCUT2D eigenvalue weighted by atomic mass is 10.1. The van der Waals surface area contributed by atoms with E-state index in [2.05, 4.69) is 14.7 Å². The molecule has 19 heavy (non-hydrogen) atoms. The van der Waals surface area contributed by atoms with Gasteiger partial charge < -0.3 is 5.73 Å². The quantitative estimate of drug-likeness (QED) is 0.871. The van der Waals surface area contributed by atoms with Gasteiger partial charge in [0.25, 0.3) is 10.0 Å². The van der Waals surface area contributed by atoms with Gasteiger partial charge in [-0.1, -0.05) is 12.1 Å². The average molecular weight is 278 g/mol. The van der Waals surface area contributed by atoms with Gasteiger partial charge in [-0.25, -0.2) is 13.4 Å². The first-order valence-corrected chi connectivity index (χ1v) is 7.09. The van der Waals surface area contributed by atoms with Crippen molar-refractivity contribution in [3.05, 3.63) is 47.9 Å². The fraction of sp³-hybridized carbons (Fsp3) is 0.167. The zero-order valence-electron chi connectivity index (χ0n) is 10.4. The van der Waals surface area contributed by atoms with Crippen LogP contribution in [0.2, 0.25) is 0 Å². The smallest absolute Gasteiger partial charge is 0.263 e. The van der Waals surface area contributed by atoms with E-state index in [1.54, 1.807) is 19.1 Å². The molecule has 0 atom stereocenters. The average Bonchev–Trinajstić information content (AvgIpc) is 2.38. The Balaban J connectivity index is 2.35. The topological polar surface area (TPSA) is 98.0 Å². The molecule has 0 aliphatic carbocycles. The molecule has 1 aromatic carbocycles. The Labute approximate surface area is 111 Å². The van der Waals surface area contributed by atoms with Gasteiger partial charge >= 0.3 is 0 Å². The van der Waals surface area contributed by atoms with Crippen LogP contribution in [0.5, 0.6) is 0 Å². The number of aromatic nitrogens is 2. The lowest BCUT2D eigenvalue weighted by Gasteiger charge is -2.10. The summed E-state index contributed by atoms with van der Waals surface area (Å²) in [6.07, 6.45) is 4.24. The van der Waals surface area contributed by atoms with Crippen LogP contribution in [0, 0.1) is 6.92 Å². The van der Waals surface area contributed by atoms with Crippen LogP contribution in [-0.2, 0) is 16.6 Å². The van der Waals surface area contributed by atoms with Crippen LogP contribution in [0.1, 0.15) is 11.1 Å². The normalized spacial score (nSPS) is 11.3. The number of nitrogens with two attached hydrogens (primary N) is 1. The Morgan fingerprint density at radius 2 is 2.11 bits per heavy atom. The van der Waals surface area contributed by atoms with Gasteiger partial charge in [0.1, 0.15) is 0 Å². The fourth-order valence-electron chi connectivity index (χ4n) is 1.68. The second-order valence-electron chi connectivity index (χ2n) is 4.00. The zero-order valence-corrected chi connectivity index (χ0v) is 11.2. The van der Waals surface area contributed by atoms with E-state index in [1.807, 2.05) is 0 Å². The summed E-state index contributed by atoms with van der Waals surface area (Å²) in [7, 11) is -3.66. The number of anilines is 1. The van der Waals surface area contributed by atoms with Crippen molar-refractivity contribution in [1.29, 1.82) is 0 Å². The van der Waals surface area contributed by atoms with Crippen molar-refractivity contribution in [2.45, 2.75) is 18.4 Å². The van der Waals surface area contributed by atoms with E-state index in [1.165, 1.54) is 24.7 Å². The summed E-state index contributed by atoms with van der Waals surface area (Å²) < 4.78 is 26.8. The molecule has 0 saturated heterocycles. The maximum atomic E-state index is 12.2. The van der Waals surface area contributed by atoms with Crippen LogP contribution in [-0.4, -0.2) is 18.4 Å². The second-order valence-corrected chi connectivity index (χ2v) is 5.65. The molecule has 1 heterocycles. The predicted octanol–water partition coefficient (Wildman–Crippen LogP) is 1.04. The highest BCUT2D eigenvalue weighted by Crippen LogP contribution is 2.19. The van der Waals surface area contributed by atoms with Crippen molar-refractivity contribution in [2.24, 2.45) is 5.73 Å². The molecule has 0 unspecified atom stereocenters.